The molecule has 0 saturated carbocycles. The number of alkyl carbamates (subject to hydrolysis) is 1. The molecule has 188 valence electrons. The molecular weight excluding hydrogens is 449 g/mol. The zero-order chi connectivity index (χ0) is 25.8. The summed E-state index contributed by atoms with van der Waals surface area (Å²) in [5.41, 5.74) is 5.13. The molecule has 3 aliphatic rings. The Morgan fingerprint density at radius 1 is 1.31 bits per heavy atom. The fourth-order valence-electron chi connectivity index (χ4n) is 5.51. The van der Waals surface area contributed by atoms with Crippen LogP contribution in [0.5, 0.6) is 0 Å². The van der Waals surface area contributed by atoms with Crippen molar-refractivity contribution < 1.29 is 23.5 Å². The molecule has 1 saturated heterocycles. The molecule has 1 amide bonds. The van der Waals surface area contributed by atoms with Crippen LogP contribution in [-0.2, 0) is 20.7 Å². The number of anilines is 1. The summed E-state index contributed by atoms with van der Waals surface area (Å²) in [4.78, 5) is 30.6. The van der Waals surface area contributed by atoms with Gasteiger partial charge in [0.1, 0.15) is 11.4 Å². The van der Waals surface area contributed by atoms with Crippen LogP contribution in [0.4, 0.5) is 14.9 Å². The number of benzene rings is 1. The number of amides is 1. The molecule has 0 bridgehead atoms. The van der Waals surface area contributed by atoms with Crippen LogP contribution >= 0.6 is 0 Å². The number of hydrogen-bond acceptors (Lipinski definition) is 6. The molecule has 1 heterocycles. The number of rotatable bonds is 3. The molecule has 1 aromatic rings. The average Bonchev–Trinajstić information content (AvgIpc) is 3.16. The van der Waals surface area contributed by atoms with Crippen LogP contribution in [0.25, 0.3) is 5.57 Å². The second kappa shape index (κ2) is 11.0. The van der Waals surface area contributed by atoms with Crippen molar-refractivity contribution in [3.8, 4) is 6.07 Å². The van der Waals surface area contributed by atoms with Gasteiger partial charge in [0.15, 0.2) is 0 Å². The van der Waals surface area contributed by atoms with E-state index in [1.165, 1.54) is 17.2 Å². The zero-order valence-corrected chi connectivity index (χ0v) is 21.0. The first-order chi connectivity index (χ1) is 16.6. The lowest BCUT2D eigenvalue weighted by molar-refractivity contribution is -0.191. The SMILES string of the molecule is CCC1CCC2=C(Cc3c(C#N)cc(F)c(N4CCC[C@H](NC(=O)OC(C)(C)C)C4)c32)C1.O=C=O. The number of nitriles is 1. The molecule has 2 atom stereocenters. The van der Waals surface area contributed by atoms with E-state index in [0.29, 0.717) is 23.7 Å². The fraction of sp³-hybridized carbons (Fsp3) is 0.593. The lowest BCUT2D eigenvalue weighted by atomic mass is 9.82. The van der Waals surface area contributed by atoms with E-state index in [1.54, 1.807) is 0 Å². The quantitative estimate of drug-likeness (QED) is 0.640. The van der Waals surface area contributed by atoms with E-state index in [-0.39, 0.29) is 18.0 Å². The summed E-state index contributed by atoms with van der Waals surface area (Å²) < 4.78 is 20.9. The predicted octanol–water partition coefficient (Wildman–Crippen LogP) is 5.13. The van der Waals surface area contributed by atoms with Gasteiger partial charge in [0.25, 0.3) is 0 Å². The van der Waals surface area contributed by atoms with Gasteiger partial charge in [0, 0.05) is 24.7 Å². The molecule has 1 unspecified atom stereocenters. The minimum absolute atomic E-state index is 0.102. The average molecular weight is 484 g/mol. The maximum atomic E-state index is 15.5. The molecular formula is C27H34FN3O4. The van der Waals surface area contributed by atoms with Crippen molar-refractivity contribution in [2.75, 3.05) is 18.0 Å². The highest BCUT2D eigenvalue weighted by molar-refractivity contribution is 5.87. The standard InChI is InChI=1S/C26H34FN3O2.CO2/c1-5-16-8-9-20-17(11-16)12-21-18(14-28)13-22(27)24(23(20)21)30-10-6-7-19(15-30)29-25(31)32-26(2,3)4;2-1-3/h13,16,19H,5-12,15H2,1-4H3,(H,29,31);/t16?,19-;/m0./s1. The molecule has 1 aromatic carbocycles. The summed E-state index contributed by atoms with van der Waals surface area (Å²) in [6.45, 7) is 9.03. The lowest BCUT2D eigenvalue weighted by Gasteiger charge is -2.37. The van der Waals surface area contributed by atoms with E-state index in [4.69, 9.17) is 14.3 Å². The number of piperidine rings is 1. The van der Waals surface area contributed by atoms with Gasteiger partial charge in [0.2, 0.25) is 0 Å². The van der Waals surface area contributed by atoms with Crippen LogP contribution in [0.1, 0.15) is 82.9 Å². The minimum atomic E-state index is -0.557. The Morgan fingerprint density at radius 2 is 2.03 bits per heavy atom. The normalized spacial score (nSPS) is 21.1. The molecule has 1 N–H and O–H groups in total. The Hall–Kier alpha value is -3.17. The van der Waals surface area contributed by atoms with Crippen LogP contribution in [-0.4, -0.2) is 37.0 Å². The Bertz CT molecular complexity index is 1080. The molecule has 0 aromatic heterocycles. The van der Waals surface area contributed by atoms with Crippen LogP contribution in [0.3, 0.4) is 0 Å². The summed E-state index contributed by atoms with van der Waals surface area (Å²) >= 11 is 0. The van der Waals surface area contributed by atoms with Crippen molar-refractivity contribution in [3.63, 3.8) is 0 Å². The predicted molar refractivity (Wildman–Crippen MR) is 129 cm³/mol. The van der Waals surface area contributed by atoms with Gasteiger partial charge in [-0.05, 0) is 82.4 Å². The van der Waals surface area contributed by atoms with E-state index in [1.807, 2.05) is 20.8 Å². The summed E-state index contributed by atoms with van der Waals surface area (Å²) in [6.07, 6.45) is 6.56. The summed E-state index contributed by atoms with van der Waals surface area (Å²) in [5.74, 6) is 0.351. The number of ether oxygens (including phenoxy) is 1. The third kappa shape index (κ3) is 6.10. The third-order valence-corrected chi connectivity index (χ3v) is 6.97. The Balaban J connectivity index is 0.00000108. The lowest BCUT2D eigenvalue weighted by Crippen LogP contribution is -2.49. The summed E-state index contributed by atoms with van der Waals surface area (Å²) in [6, 6.07) is 3.54. The molecule has 2 aliphatic carbocycles. The number of fused-ring (bicyclic) bond motifs is 2. The van der Waals surface area contributed by atoms with E-state index in [0.717, 1.165) is 62.6 Å². The van der Waals surface area contributed by atoms with Crippen LogP contribution in [0, 0.1) is 23.1 Å². The van der Waals surface area contributed by atoms with Crippen molar-refractivity contribution in [3.05, 3.63) is 34.1 Å². The molecule has 0 radical (unpaired) electrons. The first kappa shape index (κ1) is 26.4. The first-order valence-electron chi connectivity index (χ1n) is 12.3. The van der Waals surface area contributed by atoms with E-state index in [9.17, 15) is 10.1 Å². The van der Waals surface area contributed by atoms with Crippen molar-refractivity contribution in [1.82, 2.24) is 5.32 Å². The first-order valence-corrected chi connectivity index (χ1v) is 12.3. The number of nitrogens with zero attached hydrogens (tertiary/aromatic N) is 2. The highest BCUT2D eigenvalue weighted by atomic mass is 19.1. The Labute approximate surface area is 206 Å². The largest absolute Gasteiger partial charge is 0.444 e. The van der Waals surface area contributed by atoms with Gasteiger partial charge in [0.05, 0.1) is 17.3 Å². The molecule has 35 heavy (non-hydrogen) atoms. The van der Waals surface area contributed by atoms with Gasteiger partial charge in [-0.2, -0.15) is 14.9 Å². The Morgan fingerprint density at radius 3 is 2.66 bits per heavy atom. The molecule has 0 spiro atoms. The molecule has 7 nitrogen and oxygen atoms in total. The maximum absolute atomic E-state index is 15.5. The zero-order valence-electron chi connectivity index (χ0n) is 21.0. The van der Waals surface area contributed by atoms with Crippen molar-refractivity contribution in [1.29, 1.82) is 5.26 Å². The fourth-order valence-corrected chi connectivity index (χ4v) is 5.51. The highest BCUT2D eigenvalue weighted by Gasteiger charge is 2.35. The van der Waals surface area contributed by atoms with Crippen molar-refractivity contribution in [2.45, 2.75) is 84.3 Å². The topological polar surface area (TPSA) is 99.5 Å². The van der Waals surface area contributed by atoms with Crippen LogP contribution < -0.4 is 10.2 Å². The number of allylic oxidation sites excluding steroid dienone is 2. The number of halogens is 1. The number of carbonyl (C=O) groups is 1. The molecule has 4 rings (SSSR count). The van der Waals surface area contributed by atoms with Crippen LogP contribution in [0.2, 0.25) is 0 Å². The van der Waals surface area contributed by atoms with Crippen molar-refractivity contribution >= 4 is 23.5 Å². The van der Waals surface area contributed by atoms with E-state index >= 15 is 4.39 Å². The number of hydrogen-bond donors (Lipinski definition) is 1. The Kier molecular flexibility index (Phi) is 8.34. The van der Waals surface area contributed by atoms with Gasteiger partial charge in [-0.3, -0.25) is 0 Å². The smallest absolute Gasteiger partial charge is 0.407 e. The highest BCUT2D eigenvalue weighted by Crippen LogP contribution is 2.49. The van der Waals surface area contributed by atoms with Crippen LogP contribution in [0.15, 0.2) is 11.6 Å². The number of carbonyl (C=O) groups excluding carboxylic acids is 3. The number of nitrogens with one attached hydrogen (secondary N) is 1. The summed E-state index contributed by atoms with van der Waals surface area (Å²) in [5, 5.41) is 12.6. The van der Waals surface area contributed by atoms with Gasteiger partial charge in [-0.25, -0.2) is 9.18 Å². The third-order valence-electron chi connectivity index (χ3n) is 6.97. The van der Waals surface area contributed by atoms with Gasteiger partial charge in [-0.1, -0.05) is 18.9 Å². The maximum Gasteiger partial charge on any atom is 0.407 e. The van der Waals surface area contributed by atoms with Gasteiger partial charge in [-0.15, -0.1) is 0 Å². The molecule has 8 heteroatoms. The van der Waals surface area contributed by atoms with E-state index in [2.05, 4.69) is 23.2 Å². The second-order valence-electron chi connectivity index (χ2n) is 10.5. The second-order valence-corrected chi connectivity index (χ2v) is 10.5. The summed E-state index contributed by atoms with van der Waals surface area (Å²) in [7, 11) is 0. The van der Waals surface area contributed by atoms with Crippen molar-refractivity contribution in [2.24, 2.45) is 5.92 Å². The molecule has 1 fully saturated rings. The van der Waals surface area contributed by atoms with E-state index < -0.39 is 11.7 Å². The van der Waals surface area contributed by atoms with Gasteiger partial charge < -0.3 is 15.0 Å². The molecule has 1 aliphatic heterocycles. The van der Waals surface area contributed by atoms with Gasteiger partial charge >= 0.3 is 12.2 Å². The minimum Gasteiger partial charge on any atom is -0.444 e. The monoisotopic (exact) mass is 483 g/mol.